The van der Waals surface area contributed by atoms with Crippen LogP contribution in [-0.2, 0) is 11.4 Å². The first kappa shape index (κ1) is 24.6. The van der Waals surface area contributed by atoms with Crippen LogP contribution in [0.2, 0.25) is 15.1 Å². The molecule has 1 heterocycles. The Balaban J connectivity index is 1.51. The summed E-state index contributed by atoms with van der Waals surface area (Å²) in [6, 6.07) is 19.0. The maximum absolute atomic E-state index is 13.0. The molecule has 0 radical (unpaired) electrons. The Morgan fingerprint density at radius 3 is 2.53 bits per heavy atom. The minimum atomic E-state index is -0.535. The van der Waals surface area contributed by atoms with Gasteiger partial charge in [-0.3, -0.25) is 15.0 Å². The third-order valence-corrected chi connectivity index (χ3v) is 6.95. The minimum Gasteiger partial charge on any atom is -0.488 e. The van der Waals surface area contributed by atoms with Crippen molar-refractivity contribution in [3.63, 3.8) is 0 Å². The zero-order chi connectivity index (χ0) is 24.2. The van der Waals surface area contributed by atoms with Crippen LogP contribution in [-0.4, -0.2) is 21.1 Å². The second kappa shape index (κ2) is 10.8. The van der Waals surface area contributed by atoms with Gasteiger partial charge in [-0.1, -0.05) is 83.0 Å². The Hall–Kier alpha value is -2.55. The van der Waals surface area contributed by atoms with Crippen molar-refractivity contribution in [2.75, 3.05) is 0 Å². The zero-order valence-electron chi connectivity index (χ0n) is 17.3. The van der Waals surface area contributed by atoms with Gasteiger partial charge in [0.05, 0.1) is 15.5 Å². The number of thioether (sulfide) groups is 1. The van der Waals surface area contributed by atoms with E-state index < -0.39 is 11.8 Å². The average molecular weight is 550 g/mol. The lowest BCUT2D eigenvalue weighted by Gasteiger charge is -2.16. The van der Waals surface area contributed by atoms with Crippen molar-refractivity contribution in [3.8, 4) is 5.75 Å². The van der Waals surface area contributed by atoms with Gasteiger partial charge in [0.1, 0.15) is 12.4 Å². The van der Waals surface area contributed by atoms with Crippen LogP contribution >= 0.6 is 58.8 Å². The van der Waals surface area contributed by atoms with Crippen LogP contribution in [0.3, 0.4) is 0 Å². The van der Waals surface area contributed by atoms with Crippen LogP contribution in [0.4, 0.5) is 0 Å². The van der Waals surface area contributed by atoms with Gasteiger partial charge < -0.3 is 4.74 Å². The van der Waals surface area contributed by atoms with E-state index >= 15 is 0 Å². The standard InChI is InChI=1S/C24H15Cl3N2O3S2/c25-16-10-9-15(19(27)12-16)13-32-20-8-4-1-5-14(20)11-21-23(31)29(24(33)34-21)28-22(30)17-6-2-3-7-18(17)26/h1-12H,13H2,(H,28,30)/b21-11+. The summed E-state index contributed by atoms with van der Waals surface area (Å²) in [6.45, 7) is 0.218. The average Bonchev–Trinajstić information content (AvgIpc) is 3.07. The highest BCUT2D eigenvalue weighted by Gasteiger charge is 2.34. The summed E-state index contributed by atoms with van der Waals surface area (Å²) in [5.74, 6) is -0.434. The molecule has 0 bridgehead atoms. The van der Waals surface area contributed by atoms with E-state index in [1.165, 1.54) is 0 Å². The maximum atomic E-state index is 13.0. The number of carbonyl (C=O) groups is 2. The van der Waals surface area contributed by atoms with Crippen LogP contribution in [0, 0.1) is 0 Å². The molecule has 0 atom stereocenters. The van der Waals surface area contributed by atoms with E-state index in [1.54, 1.807) is 54.6 Å². The van der Waals surface area contributed by atoms with E-state index in [1.807, 2.05) is 18.2 Å². The fourth-order valence-electron chi connectivity index (χ4n) is 3.04. The lowest BCUT2D eigenvalue weighted by molar-refractivity contribution is -0.123. The summed E-state index contributed by atoms with van der Waals surface area (Å²) in [5, 5.41) is 2.35. The number of ether oxygens (including phenoxy) is 1. The molecule has 1 N–H and O–H groups in total. The molecule has 0 aromatic heterocycles. The fraction of sp³-hybridized carbons (Fsp3) is 0.0417. The third-order valence-electron chi connectivity index (χ3n) is 4.73. The first-order valence-electron chi connectivity index (χ1n) is 9.82. The first-order chi connectivity index (χ1) is 16.3. The predicted octanol–water partition coefficient (Wildman–Crippen LogP) is 6.77. The second-order valence-corrected chi connectivity index (χ2v) is 9.93. The molecule has 0 saturated carbocycles. The predicted molar refractivity (Wildman–Crippen MR) is 141 cm³/mol. The van der Waals surface area contributed by atoms with Gasteiger partial charge in [-0.25, -0.2) is 0 Å². The first-order valence-corrected chi connectivity index (χ1v) is 12.2. The molecule has 2 amide bonds. The number of nitrogens with one attached hydrogen (secondary N) is 1. The van der Waals surface area contributed by atoms with Crippen molar-refractivity contribution in [1.82, 2.24) is 10.4 Å². The van der Waals surface area contributed by atoms with Crippen molar-refractivity contribution in [1.29, 1.82) is 0 Å². The van der Waals surface area contributed by atoms with Gasteiger partial charge in [0.2, 0.25) is 0 Å². The van der Waals surface area contributed by atoms with Crippen molar-refractivity contribution in [2.45, 2.75) is 6.61 Å². The van der Waals surface area contributed by atoms with Crippen LogP contribution < -0.4 is 10.2 Å². The minimum absolute atomic E-state index is 0.197. The number of halogens is 3. The maximum Gasteiger partial charge on any atom is 0.285 e. The van der Waals surface area contributed by atoms with Crippen molar-refractivity contribution in [3.05, 3.63) is 103 Å². The molecular weight excluding hydrogens is 535 g/mol. The van der Waals surface area contributed by atoms with Gasteiger partial charge in [-0.15, -0.1) is 0 Å². The van der Waals surface area contributed by atoms with Gasteiger partial charge in [0.25, 0.3) is 11.8 Å². The van der Waals surface area contributed by atoms with Crippen LogP contribution in [0.1, 0.15) is 21.5 Å². The van der Waals surface area contributed by atoms with Gasteiger partial charge in [0.15, 0.2) is 4.32 Å². The molecule has 10 heteroatoms. The van der Waals surface area contributed by atoms with E-state index in [4.69, 9.17) is 51.8 Å². The van der Waals surface area contributed by atoms with Gasteiger partial charge in [0, 0.05) is 21.2 Å². The van der Waals surface area contributed by atoms with Gasteiger partial charge in [-0.2, -0.15) is 5.01 Å². The van der Waals surface area contributed by atoms with E-state index in [0.717, 1.165) is 22.3 Å². The number of hydrogen-bond donors (Lipinski definition) is 1. The Bertz CT molecular complexity index is 1330. The lowest BCUT2D eigenvalue weighted by atomic mass is 10.1. The normalized spacial score (nSPS) is 14.6. The molecule has 5 nitrogen and oxygen atoms in total. The molecule has 1 fully saturated rings. The van der Waals surface area contributed by atoms with E-state index in [9.17, 15) is 9.59 Å². The van der Waals surface area contributed by atoms with Crippen molar-refractivity contribution >= 4 is 81.0 Å². The summed E-state index contributed by atoms with van der Waals surface area (Å²) >= 11 is 24.6. The molecule has 3 aromatic rings. The number of amides is 2. The monoisotopic (exact) mass is 548 g/mol. The Kier molecular flexibility index (Phi) is 7.80. The Morgan fingerprint density at radius 1 is 1.03 bits per heavy atom. The number of rotatable bonds is 6. The molecule has 0 spiro atoms. The second-order valence-electron chi connectivity index (χ2n) is 7.00. The highest BCUT2D eigenvalue weighted by Crippen LogP contribution is 2.34. The number of hydrazine groups is 1. The molecule has 0 aliphatic carbocycles. The summed E-state index contributed by atoms with van der Waals surface area (Å²) in [6.07, 6.45) is 1.67. The lowest BCUT2D eigenvalue weighted by Crippen LogP contribution is -2.44. The highest BCUT2D eigenvalue weighted by molar-refractivity contribution is 8.26. The zero-order valence-corrected chi connectivity index (χ0v) is 21.2. The quantitative estimate of drug-likeness (QED) is 0.272. The summed E-state index contributed by atoms with van der Waals surface area (Å²) in [5.41, 5.74) is 4.21. The molecular formula is C24H15Cl3N2O3S2. The SMILES string of the molecule is O=C(NN1C(=O)/C(=C\c2ccccc2OCc2ccc(Cl)cc2Cl)SC1=S)c1ccccc1Cl. The number of carbonyl (C=O) groups excluding carboxylic acids is 2. The Morgan fingerprint density at radius 2 is 1.76 bits per heavy atom. The number of para-hydroxylation sites is 1. The molecule has 1 saturated heterocycles. The molecule has 34 heavy (non-hydrogen) atoms. The van der Waals surface area contributed by atoms with Crippen LogP contribution in [0.25, 0.3) is 6.08 Å². The number of thiocarbonyl (C=S) groups is 1. The largest absolute Gasteiger partial charge is 0.488 e. The topological polar surface area (TPSA) is 58.6 Å². The van der Waals surface area contributed by atoms with Crippen molar-refractivity contribution < 1.29 is 14.3 Å². The molecule has 0 unspecified atom stereocenters. The van der Waals surface area contributed by atoms with Gasteiger partial charge >= 0.3 is 0 Å². The van der Waals surface area contributed by atoms with Crippen LogP contribution in [0.5, 0.6) is 5.75 Å². The molecule has 4 rings (SSSR count). The summed E-state index contributed by atoms with van der Waals surface area (Å²) < 4.78 is 6.15. The molecule has 172 valence electrons. The number of hydrogen-bond acceptors (Lipinski definition) is 5. The van der Waals surface area contributed by atoms with E-state index in [-0.39, 0.29) is 21.5 Å². The van der Waals surface area contributed by atoms with Crippen molar-refractivity contribution in [2.24, 2.45) is 0 Å². The number of benzene rings is 3. The molecule has 1 aliphatic heterocycles. The van der Waals surface area contributed by atoms with Gasteiger partial charge in [-0.05, 0) is 48.6 Å². The van der Waals surface area contributed by atoms with E-state index in [0.29, 0.717) is 26.3 Å². The smallest absolute Gasteiger partial charge is 0.285 e. The third kappa shape index (κ3) is 5.56. The highest BCUT2D eigenvalue weighted by atomic mass is 35.5. The molecule has 3 aromatic carbocycles. The van der Waals surface area contributed by atoms with Crippen LogP contribution in [0.15, 0.2) is 71.6 Å². The molecule has 1 aliphatic rings. The summed E-state index contributed by atoms with van der Waals surface area (Å²) in [7, 11) is 0. The number of nitrogens with zero attached hydrogens (tertiary/aromatic N) is 1. The summed E-state index contributed by atoms with van der Waals surface area (Å²) in [4.78, 5) is 25.9. The Labute approximate surface area is 220 Å². The fourth-order valence-corrected chi connectivity index (χ4v) is 4.89. The van der Waals surface area contributed by atoms with E-state index in [2.05, 4.69) is 5.43 Å².